The predicted molar refractivity (Wildman–Crippen MR) is 96.8 cm³/mol. The van der Waals surface area contributed by atoms with E-state index in [1.165, 1.54) is 9.13 Å². The highest BCUT2D eigenvalue weighted by Gasteiger charge is 2.21. The molecule has 0 fully saturated rings. The van der Waals surface area contributed by atoms with Gasteiger partial charge in [0.05, 0.1) is 6.04 Å². The summed E-state index contributed by atoms with van der Waals surface area (Å²) in [6.45, 7) is 6.29. The second-order valence-corrected chi connectivity index (χ2v) is 6.63. The number of benzene rings is 1. The van der Waals surface area contributed by atoms with E-state index in [0.717, 1.165) is 36.8 Å². The van der Waals surface area contributed by atoms with Crippen LogP contribution in [0.5, 0.6) is 0 Å². The fourth-order valence-electron chi connectivity index (χ4n) is 2.38. The summed E-state index contributed by atoms with van der Waals surface area (Å²) in [6, 6.07) is 6.12. The number of hydrogen-bond acceptors (Lipinski definition) is 2. The lowest BCUT2D eigenvalue weighted by molar-refractivity contribution is 0.529. The van der Waals surface area contributed by atoms with Gasteiger partial charge in [0.25, 0.3) is 0 Å². The number of nitrogens with zero attached hydrogens (tertiary/aromatic N) is 2. The second kappa shape index (κ2) is 8.15. The molecule has 0 aliphatic heterocycles. The fraction of sp³-hybridized carbons (Fsp3) is 0.438. The molecule has 0 spiro atoms. The maximum absolute atomic E-state index is 6.20. The van der Waals surface area contributed by atoms with E-state index < -0.39 is 0 Å². The van der Waals surface area contributed by atoms with Gasteiger partial charge >= 0.3 is 0 Å². The topological polar surface area (TPSA) is 29.9 Å². The van der Waals surface area contributed by atoms with E-state index in [4.69, 9.17) is 11.6 Å². The van der Waals surface area contributed by atoms with E-state index in [9.17, 15) is 0 Å². The summed E-state index contributed by atoms with van der Waals surface area (Å²) >= 11 is 8.57. The standard InChI is InChI=1S/C16H21ClIN3/c1-3-7-19-15(13-11-12(17)5-6-14(13)18)16-20-8-10-21(16)9-4-2/h5-6,8,10-11,15,19H,3-4,7,9H2,1-2H3. The Kier molecular flexibility index (Phi) is 6.51. The summed E-state index contributed by atoms with van der Waals surface area (Å²) in [5.41, 5.74) is 1.19. The van der Waals surface area contributed by atoms with Gasteiger partial charge < -0.3 is 9.88 Å². The molecular formula is C16H21ClIN3. The molecule has 0 aliphatic rings. The summed E-state index contributed by atoms with van der Waals surface area (Å²) in [4.78, 5) is 4.59. The van der Waals surface area contributed by atoms with Gasteiger partial charge in [0.15, 0.2) is 0 Å². The molecule has 0 radical (unpaired) electrons. The summed E-state index contributed by atoms with van der Waals surface area (Å²) in [5.74, 6) is 1.06. The molecule has 1 heterocycles. The van der Waals surface area contributed by atoms with Crippen LogP contribution in [0.25, 0.3) is 0 Å². The molecule has 2 rings (SSSR count). The van der Waals surface area contributed by atoms with Crippen LogP contribution in [0.2, 0.25) is 5.02 Å². The van der Waals surface area contributed by atoms with Gasteiger partial charge in [0.2, 0.25) is 0 Å². The van der Waals surface area contributed by atoms with E-state index in [0.29, 0.717) is 0 Å². The van der Waals surface area contributed by atoms with Gasteiger partial charge in [-0.05, 0) is 65.7 Å². The van der Waals surface area contributed by atoms with Crippen molar-refractivity contribution in [1.29, 1.82) is 0 Å². The Labute approximate surface area is 145 Å². The summed E-state index contributed by atoms with van der Waals surface area (Å²) < 4.78 is 3.43. The average molecular weight is 418 g/mol. The lowest BCUT2D eigenvalue weighted by Gasteiger charge is -2.21. The minimum Gasteiger partial charge on any atom is -0.333 e. The molecule has 21 heavy (non-hydrogen) atoms. The Hall–Kier alpha value is -0.590. The van der Waals surface area contributed by atoms with Crippen molar-refractivity contribution in [3.05, 3.63) is 50.6 Å². The Morgan fingerprint density at radius 3 is 2.86 bits per heavy atom. The van der Waals surface area contributed by atoms with Gasteiger partial charge in [-0.25, -0.2) is 4.98 Å². The number of aryl methyl sites for hydroxylation is 1. The van der Waals surface area contributed by atoms with Crippen LogP contribution in [-0.4, -0.2) is 16.1 Å². The zero-order valence-corrected chi connectivity index (χ0v) is 15.4. The second-order valence-electron chi connectivity index (χ2n) is 5.03. The molecule has 0 aliphatic carbocycles. The maximum Gasteiger partial charge on any atom is 0.130 e. The third-order valence-corrected chi connectivity index (χ3v) is 4.56. The quantitative estimate of drug-likeness (QED) is 0.665. The van der Waals surface area contributed by atoms with Crippen molar-refractivity contribution in [3.63, 3.8) is 0 Å². The lowest BCUT2D eigenvalue weighted by Crippen LogP contribution is -2.27. The van der Waals surface area contributed by atoms with E-state index >= 15 is 0 Å². The minimum atomic E-state index is 0.0806. The Balaban J connectivity index is 2.42. The first-order chi connectivity index (χ1) is 10.2. The zero-order valence-electron chi connectivity index (χ0n) is 12.4. The van der Waals surface area contributed by atoms with Gasteiger partial charge in [-0.2, -0.15) is 0 Å². The Morgan fingerprint density at radius 1 is 1.33 bits per heavy atom. The summed E-state index contributed by atoms with van der Waals surface area (Å²) in [7, 11) is 0. The van der Waals surface area contributed by atoms with E-state index in [2.05, 4.69) is 63.6 Å². The van der Waals surface area contributed by atoms with Gasteiger partial charge in [-0.1, -0.05) is 25.4 Å². The lowest BCUT2D eigenvalue weighted by atomic mass is 10.1. The third-order valence-electron chi connectivity index (χ3n) is 3.34. The van der Waals surface area contributed by atoms with Crippen LogP contribution in [0.1, 0.15) is 44.1 Å². The average Bonchev–Trinajstić information content (AvgIpc) is 2.92. The van der Waals surface area contributed by atoms with Crippen LogP contribution >= 0.6 is 34.2 Å². The Morgan fingerprint density at radius 2 is 2.14 bits per heavy atom. The van der Waals surface area contributed by atoms with Crippen molar-refractivity contribution in [2.45, 2.75) is 39.3 Å². The maximum atomic E-state index is 6.20. The molecule has 0 saturated heterocycles. The minimum absolute atomic E-state index is 0.0806. The van der Waals surface area contributed by atoms with E-state index in [1.54, 1.807) is 0 Å². The van der Waals surface area contributed by atoms with Crippen LogP contribution in [0, 0.1) is 3.57 Å². The van der Waals surface area contributed by atoms with Crippen LogP contribution in [-0.2, 0) is 6.54 Å². The highest BCUT2D eigenvalue weighted by Crippen LogP contribution is 2.28. The third kappa shape index (κ3) is 4.20. The number of nitrogens with one attached hydrogen (secondary N) is 1. The first-order valence-corrected chi connectivity index (χ1v) is 8.82. The molecule has 114 valence electrons. The van der Waals surface area contributed by atoms with Gasteiger partial charge in [-0.3, -0.25) is 0 Å². The van der Waals surface area contributed by atoms with Crippen LogP contribution in [0.15, 0.2) is 30.6 Å². The molecule has 1 aromatic heterocycles. The van der Waals surface area contributed by atoms with Crippen molar-refractivity contribution in [2.24, 2.45) is 0 Å². The van der Waals surface area contributed by atoms with Gasteiger partial charge in [-0.15, -0.1) is 0 Å². The van der Waals surface area contributed by atoms with Gasteiger partial charge in [0, 0.05) is 27.5 Å². The van der Waals surface area contributed by atoms with E-state index in [-0.39, 0.29) is 6.04 Å². The molecule has 0 amide bonds. The molecule has 0 saturated carbocycles. The van der Waals surface area contributed by atoms with Crippen LogP contribution < -0.4 is 5.32 Å². The molecule has 1 atom stereocenters. The predicted octanol–water partition coefficient (Wildman–Crippen LogP) is 4.64. The number of hydrogen-bond donors (Lipinski definition) is 1. The molecular weight excluding hydrogens is 397 g/mol. The number of aromatic nitrogens is 2. The van der Waals surface area contributed by atoms with Crippen molar-refractivity contribution in [2.75, 3.05) is 6.54 Å². The molecule has 1 unspecified atom stereocenters. The first kappa shape index (κ1) is 16.8. The molecule has 3 nitrogen and oxygen atoms in total. The summed E-state index contributed by atoms with van der Waals surface area (Å²) in [6.07, 6.45) is 6.11. The fourth-order valence-corrected chi connectivity index (χ4v) is 3.20. The summed E-state index contributed by atoms with van der Waals surface area (Å²) in [5, 5.41) is 4.37. The molecule has 1 N–H and O–H groups in total. The number of halogens is 2. The molecule has 2 aromatic rings. The largest absolute Gasteiger partial charge is 0.333 e. The van der Waals surface area contributed by atoms with E-state index in [1.807, 2.05) is 18.3 Å². The van der Waals surface area contributed by atoms with Crippen molar-refractivity contribution in [1.82, 2.24) is 14.9 Å². The first-order valence-electron chi connectivity index (χ1n) is 7.36. The van der Waals surface area contributed by atoms with Crippen LogP contribution in [0.4, 0.5) is 0 Å². The van der Waals surface area contributed by atoms with Crippen LogP contribution in [0.3, 0.4) is 0 Å². The van der Waals surface area contributed by atoms with Crippen molar-refractivity contribution in [3.8, 4) is 0 Å². The molecule has 5 heteroatoms. The monoisotopic (exact) mass is 417 g/mol. The smallest absolute Gasteiger partial charge is 0.130 e. The highest BCUT2D eigenvalue weighted by atomic mass is 127. The molecule has 1 aromatic carbocycles. The molecule has 0 bridgehead atoms. The van der Waals surface area contributed by atoms with Crippen molar-refractivity contribution < 1.29 is 0 Å². The number of rotatable bonds is 7. The Bertz CT molecular complexity index is 583. The normalized spacial score (nSPS) is 12.6. The van der Waals surface area contributed by atoms with Crippen molar-refractivity contribution >= 4 is 34.2 Å². The zero-order chi connectivity index (χ0) is 15.2. The number of imidazole rings is 1. The van der Waals surface area contributed by atoms with Gasteiger partial charge in [0.1, 0.15) is 5.82 Å². The highest BCUT2D eigenvalue weighted by molar-refractivity contribution is 14.1. The SMILES string of the molecule is CCCNC(c1cc(Cl)ccc1I)c1nccn1CCC.